The third kappa shape index (κ3) is 3.89. The monoisotopic (exact) mass is 428 g/mol. The van der Waals surface area contributed by atoms with E-state index in [0.717, 1.165) is 54.6 Å². The second-order valence-electron chi connectivity index (χ2n) is 8.38. The highest BCUT2D eigenvalue weighted by atomic mass is 32.1. The molecule has 4 heterocycles. The zero-order valence-electron chi connectivity index (χ0n) is 17.7. The molecule has 8 nitrogen and oxygen atoms in total. The molecule has 0 saturated heterocycles. The fourth-order valence-corrected chi connectivity index (χ4v) is 5.53. The van der Waals surface area contributed by atoms with Crippen LogP contribution in [0.1, 0.15) is 36.1 Å². The third-order valence-electron chi connectivity index (χ3n) is 6.04. The standard InChI is InChI=1S/C21H28N6O2S/c1-26(2)14-4-6-15(7-5-14)29-19-18-16-8-9-28-12-17(16)30-20(18)25-21(24-19)23-13-10-22-27(3)11-13/h10-11,14-15H,4-9,12H2,1-3H3,(H,23,24,25)/t14-,15-. The van der Waals surface area contributed by atoms with Gasteiger partial charge in [0.05, 0.1) is 30.5 Å². The average Bonchev–Trinajstić information content (AvgIpc) is 3.31. The summed E-state index contributed by atoms with van der Waals surface area (Å²) < 4.78 is 14.0. The van der Waals surface area contributed by atoms with Crippen LogP contribution in [-0.2, 0) is 24.8 Å². The predicted octanol–water partition coefficient (Wildman–Crippen LogP) is 3.49. The van der Waals surface area contributed by atoms with Gasteiger partial charge in [0.1, 0.15) is 10.9 Å². The van der Waals surface area contributed by atoms with Crippen LogP contribution in [0.3, 0.4) is 0 Å². The molecule has 1 fully saturated rings. The highest BCUT2D eigenvalue weighted by Gasteiger charge is 2.27. The van der Waals surface area contributed by atoms with E-state index in [9.17, 15) is 0 Å². The van der Waals surface area contributed by atoms with E-state index in [0.29, 0.717) is 24.5 Å². The predicted molar refractivity (Wildman–Crippen MR) is 118 cm³/mol. The summed E-state index contributed by atoms with van der Waals surface area (Å²) in [7, 11) is 6.22. The van der Waals surface area contributed by atoms with Gasteiger partial charge in [0.15, 0.2) is 0 Å². The Labute approximate surface area is 180 Å². The Morgan fingerprint density at radius 1 is 1.23 bits per heavy atom. The summed E-state index contributed by atoms with van der Waals surface area (Å²) in [6, 6.07) is 0.643. The van der Waals surface area contributed by atoms with Crippen molar-refractivity contribution in [3.05, 3.63) is 22.8 Å². The Morgan fingerprint density at radius 2 is 2.07 bits per heavy atom. The van der Waals surface area contributed by atoms with Crippen LogP contribution in [0.2, 0.25) is 0 Å². The summed E-state index contributed by atoms with van der Waals surface area (Å²) in [5.41, 5.74) is 2.16. The number of ether oxygens (including phenoxy) is 2. The lowest BCUT2D eigenvalue weighted by Gasteiger charge is -2.32. The lowest BCUT2D eigenvalue weighted by molar-refractivity contribution is 0.108. The van der Waals surface area contributed by atoms with Crippen molar-refractivity contribution in [2.45, 2.75) is 50.9 Å². The maximum absolute atomic E-state index is 6.54. The van der Waals surface area contributed by atoms with E-state index < -0.39 is 0 Å². The molecule has 3 aromatic rings. The number of fused-ring (bicyclic) bond motifs is 3. The topological polar surface area (TPSA) is 77.3 Å². The van der Waals surface area contributed by atoms with E-state index in [-0.39, 0.29) is 6.10 Å². The number of aryl methyl sites for hydroxylation is 1. The molecule has 0 amide bonds. The third-order valence-corrected chi connectivity index (χ3v) is 7.14. The Kier molecular flexibility index (Phi) is 5.34. The Hall–Kier alpha value is -2.23. The Balaban J connectivity index is 1.47. The number of aromatic nitrogens is 4. The molecule has 9 heteroatoms. The highest BCUT2D eigenvalue weighted by molar-refractivity contribution is 7.18. The molecular weight excluding hydrogens is 400 g/mol. The lowest BCUT2D eigenvalue weighted by Crippen LogP contribution is -2.35. The van der Waals surface area contributed by atoms with Gasteiger partial charge in [-0.2, -0.15) is 10.1 Å². The molecule has 1 N–H and O–H groups in total. The van der Waals surface area contributed by atoms with Crippen molar-refractivity contribution in [3.8, 4) is 5.88 Å². The molecule has 0 aromatic carbocycles. The number of hydrogen-bond acceptors (Lipinski definition) is 8. The van der Waals surface area contributed by atoms with Crippen LogP contribution in [0.5, 0.6) is 5.88 Å². The van der Waals surface area contributed by atoms with Gasteiger partial charge in [-0.15, -0.1) is 11.3 Å². The SMILES string of the molecule is Cn1cc(Nc2nc(O[C@H]3CC[C@H](N(C)C)CC3)c3c4c(sc3n2)COCC4)cn1. The van der Waals surface area contributed by atoms with Crippen LogP contribution in [0, 0.1) is 0 Å². The van der Waals surface area contributed by atoms with Gasteiger partial charge in [0, 0.05) is 24.2 Å². The molecule has 0 unspecified atom stereocenters. The van der Waals surface area contributed by atoms with Crippen LogP contribution in [0.15, 0.2) is 12.4 Å². The van der Waals surface area contributed by atoms with Crippen molar-refractivity contribution in [1.82, 2.24) is 24.6 Å². The maximum Gasteiger partial charge on any atom is 0.232 e. The van der Waals surface area contributed by atoms with E-state index in [1.165, 1.54) is 10.4 Å². The minimum atomic E-state index is 0.195. The molecule has 5 rings (SSSR count). The lowest BCUT2D eigenvalue weighted by atomic mass is 9.92. The van der Waals surface area contributed by atoms with E-state index in [1.807, 2.05) is 13.2 Å². The first-order valence-electron chi connectivity index (χ1n) is 10.6. The molecular formula is C21H28N6O2S. The molecule has 1 aliphatic heterocycles. The van der Waals surface area contributed by atoms with Gasteiger partial charge in [0.25, 0.3) is 0 Å². The summed E-state index contributed by atoms with van der Waals surface area (Å²) in [6.07, 6.45) is 9.17. The first-order valence-corrected chi connectivity index (χ1v) is 11.4. The number of nitrogens with one attached hydrogen (secondary N) is 1. The molecule has 0 spiro atoms. The number of hydrogen-bond donors (Lipinski definition) is 1. The quantitative estimate of drug-likeness (QED) is 0.666. The molecule has 3 aromatic heterocycles. The molecule has 30 heavy (non-hydrogen) atoms. The summed E-state index contributed by atoms with van der Waals surface area (Å²) in [6.45, 7) is 1.39. The zero-order valence-corrected chi connectivity index (χ0v) is 18.5. The van der Waals surface area contributed by atoms with E-state index in [4.69, 9.17) is 19.4 Å². The number of anilines is 2. The summed E-state index contributed by atoms with van der Waals surface area (Å²) in [4.78, 5) is 14.1. The smallest absolute Gasteiger partial charge is 0.232 e. The van der Waals surface area contributed by atoms with Crippen LogP contribution in [0.25, 0.3) is 10.2 Å². The van der Waals surface area contributed by atoms with Crippen molar-refractivity contribution in [1.29, 1.82) is 0 Å². The zero-order chi connectivity index (χ0) is 20.7. The van der Waals surface area contributed by atoms with E-state index in [2.05, 4.69) is 29.4 Å². The average molecular weight is 429 g/mol. The molecule has 0 atom stereocenters. The summed E-state index contributed by atoms with van der Waals surface area (Å²) >= 11 is 1.69. The maximum atomic E-state index is 6.54. The van der Waals surface area contributed by atoms with Crippen LogP contribution >= 0.6 is 11.3 Å². The largest absolute Gasteiger partial charge is 0.474 e. The molecule has 1 aliphatic carbocycles. The van der Waals surface area contributed by atoms with Gasteiger partial charge >= 0.3 is 0 Å². The molecule has 160 valence electrons. The van der Waals surface area contributed by atoms with Gasteiger partial charge in [-0.05, 0) is 51.8 Å². The van der Waals surface area contributed by atoms with Crippen molar-refractivity contribution >= 4 is 33.2 Å². The van der Waals surface area contributed by atoms with E-state index >= 15 is 0 Å². The second kappa shape index (κ2) is 8.13. The van der Waals surface area contributed by atoms with Crippen LogP contribution in [0.4, 0.5) is 11.6 Å². The first-order chi connectivity index (χ1) is 14.6. The highest BCUT2D eigenvalue weighted by Crippen LogP contribution is 2.40. The first kappa shape index (κ1) is 19.7. The number of nitrogens with zero attached hydrogens (tertiary/aromatic N) is 5. The van der Waals surface area contributed by atoms with Crippen molar-refractivity contribution in [2.24, 2.45) is 7.05 Å². The molecule has 1 saturated carbocycles. The fourth-order valence-electron chi connectivity index (χ4n) is 4.38. The van der Waals surface area contributed by atoms with Gasteiger partial charge in [-0.25, -0.2) is 4.98 Å². The van der Waals surface area contributed by atoms with Gasteiger partial charge in [-0.3, -0.25) is 4.68 Å². The fraction of sp³-hybridized carbons (Fsp3) is 0.571. The van der Waals surface area contributed by atoms with Gasteiger partial charge < -0.3 is 19.7 Å². The summed E-state index contributed by atoms with van der Waals surface area (Å²) in [5.74, 6) is 1.26. The normalized spacial score (nSPS) is 21.7. The minimum absolute atomic E-state index is 0.195. The Bertz CT molecular complexity index is 1040. The van der Waals surface area contributed by atoms with Crippen molar-refractivity contribution in [3.63, 3.8) is 0 Å². The molecule has 2 aliphatic rings. The van der Waals surface area contributed by atoms with Crippen molar-refractivity contribution in [2.75, 3.05) is 26.0 Å². The Morgan fingerprint density at radius 3 is 2.80 bits per heavy atom. The number of thiophene rings is 1. The second-order valence-corrected chi connectivity index (χ2v) is 9.46. The molecule has 0 bridgehead atoms. The molecule has 0 radical (unpaired) electrons. The van der Waals surface area contributed by atoms with Crippen LogP contribution < -0.4 is 10.1 Å². The van der Waals surface area contributed by atoms with Gasteiger partial charge in [-0.1, -0.05) is 0 Å². The van der Waals surface area contributed by atoms with Crippen molar-refractivity contribution < 1.29 is 9.47 Å². The summed E-state index contributed by atoms with van der Waals surface area (Å²) in [5, 5.41) is 8.57. The number of rotatable bonds is 5. The minimum Gasteiger partial charge on any atom is -0.474 e. The van der Waals surface area contributed by atoms with E-state index in [1.54, 1.807) is 22.2 Å². The van der Waals surface area contributed by atoms with Crippen LogP contribution in [-0.4, -0.2) is 57.5 Å². The van der Waals surface area contributed by atoms with Gasteiger partial charge in [0.2, 0.25) is 11.8 Å².